The number of benzene rings is 2. The lowest BCUT2D eigenvalue weighted by Gasteiger charge is -2.15. The van der Waals surface area contributed by atoms with Crippen molar-refractivity contribution in [2.75, 3.05) is 36.8 Å². The van der Waals surface area contributed by atoms with E-state index in [1.54, 1.807) is 24.3 Å². The third-order valence-electron chi connectivity index (χ3n) is 4.71. The quantitative estimate of drug-likeness (QED) is 0.793. The van der Waals surface area contributed by atoms with E-state index in [9.17, 15) is 13.2 Å². The molecule has 27 heavy (non-hydrogen) atoms. The van der Waals surface area contributed by atoms with E-state index in [-0.39, 0.29) is 10.8 Å². The van der Waals surface area contributed by atoms with Crippen LogP contribution in [0.2, 0.25) is 0 Å². The highest BCUT2D eigenvalue weighted by molar-refractivity contribution is 7.92. The van der Waals surface area contributed by atoms with E-state index in [1.165, 1.54) is 0 Å². The van der Waals surface area contributed by atoms with Crippen molar-refractivity contribution in [2.45, 2.75) is 24.2 Å². The highest BCUT2D eigenvalue weighted by Gasteiger charge is 2.19. The Balaban J connectivity index is 1.63. The van der Waals surface area contributed by atoms with Crippen molar-refractivity contribution in [3.05, 3.63) is 54.1 Å². The predicted molar refractivity (Wildman–Crippen MR) is 108 cm³/mol. The summed E-state index contributed by atoms with van der Waals surface area (Å²) >= 11 is 0. The molecule has 6 nitrogen and oxygen atoms in total. The van der Waals surface area contributed by atoms with E-state index in [2.05, 4.69) is 4.72 Å². The molecule has 2 aromatic rings. The first-order valence-corrected chi connectivity index (χ1v) is 10.5. The predicted octanol–water partition coefficient (Wildman–Crippen LogP) is 2.72. The minimum atomic E-state index is -3.63. The van der Waals surface area contributed by atoms with Gasteiger partial charge in [-0.3, -0.25) is 9.52 Å². The number of carbonyl (C=O) groups excluding carboxylic acids is 1. The average Bonchev–Trinajstić information content (AvgIpc) is 3.05. The summed E-state index contributed by atoms with van der Waals surface area (Å²) in [6.07, 6.45) is 2.29. The molecule has 0 aliphatic carbocycles. The number of hydrogen-bond acceptors (Lipinski definition) is 4. The van der Waals surface area contributed by atoms with E-state index in [0.29, 0.717) is 18.7 Å². The second-order valence-electron chi connectivity index (χ2n) is 6.93. The SMILES string of the molecule is CN(C)c1ccc(NS(=O)(=O)c2ccc(CCN3CCCC3=O)cc2)cc1. The number of rotatable bonds is 7. The molecular weight excluding hydrogens is 362 g/mol. The molecule has 0 radical (unpaired) electrons. The standard InChI is InChI=1S/C20H25N3O3S/c1-22(2)18-9-7-17(8-10-18)21-27(25,26)19-11-5-16(6-12-19)13-15-23-14-3-4-20(23)24/h5-12,21H,3-4,13-15H2,1-2H3. The molecule has 0 bridgehead atoms. The van der Waals surface area contributed by atoms with Crippen LogP contribution in [0.5, 0.6) is 0 Å². The van der Waals surface area contributed by atoms with Crippen LogP contribution in [0.3, 0.4) is 0 Å². The summed E-state index contributed by atoms with van der Waals surface area (Å²) in [5, 5.41) is 0. The summed E-state index contributed by atoms with van der Waals surface area (Å²) in [7, 11) is 0.231. The number of carbonyl (C=O) groups is 1. The molecule has 1 aliphatic rings. The van der Waals surface area contributed by atoms with Crippen molar-refractivity contribution in [3.8, 4) is 0 Å². The molecule has 0 unspecified atom stereocenters. The van der Waals surface area contributed by atoms with Crippen molar-refractivity contribution >= 4 is 27.3 Å². The molecule has 0 atom stereocenters. The van der Waals surface area contributed by atoms with Gasteiger partial charge in [0.05, 0.1) is 4.90 Å². The van der Waals surface area contributed by atoms with Gasteiger partial charge in [0, 0.05) is 45.0 Å². The first-order chi connectivity index (χ1) is 12.8. The van der Waals surface area contributed by atoms with Crippen molar-refractivity contribution < 1.29 is 13.2 Å². The molecular formula is C20H25N3O3S. The van der Waals surface area contributed by atoms with Crippen LogP contribution >= 0.6 is 0 Å². The molecule has 1 aliphatic heterocycles. The number of sulfonamides is 1. The second-order valence-corrected chi connectivity index (χ2v) is 8.61. The van der Waals surface area contributed by atoms with E-state index >= 15 is 0 Å². The van der Waals surface area contributed by atoms with Crippen LogP contribution in [0.25, 0.3) is 0 Å². The third kappa shape index (κ3) is 4.80. The third-order valence-corrected chi connectivity index (χ3v) is 6.11. The Morgan fingerprint density at radius 2 is 1.70 bits per heavy atom. The smallest absolute Gasteiger partial charge is 0.261 e. The van der Waals surface area contributed by atoms with Gasteiger partial charge in [0.2, 0.25) is 5.91 Å². The molecule has 144 valence electrons. The zero-order valence-corrected chi connectivity index (χ0v) is 16.5. The van der Waals surface area contributed by atoms with Gasteiger partial charge in [0.15, 0.2) is 0 Å². The molecule has 0 spiro atoms. The molecule has 1 amide bonds. The van der Waals surface area contributed by atoms with Gasteiger partial charge in [-0.15, -0.1) is 0 Å². The Labute approximate surface area is 160 Å². The zero-order chi connectivity index (χ0) is 19.4. The molecule has 0 saturated carbocycles. The molecule has 1 saturated heterocycles. The van der Waals surface area contributed by atoms with Gasteiger partial charge < -0.3 is 9.80 Å². The van der Waals surface area contributed by atoms with Gasteiger partial charge in [0.25, 0.3) is 10.0 Å². The number of hydrogen-bond donors (Lipinski definition) is 1. The Morgan fingerprint density at radius 1 is 1.04 bits per heavy atom. The maximum absolute atomic E-state index is 12.6. The van der Waals surface area contributed by atoms with Gasteiger partial charge in [-0.2, -0.15) is 0 Å². The second kappa shape index (κ2) is 8.00. The zero-order valence-electron chi connectivity index (χ0n) is 15.7. The topological polar surface area (TPSA) is 69.7 Å². The summed E-state index contributed by atoms with van der Waals surface area (Å²) < 4.78 is 27.7. The first kappa shape index (κ1) is 19.2. The number of amides is 1. The molecule has 2 aromatic carbocycles. The Bertz CT molecular complexity index is 891. The monoisotopic (exact) mass is 387 g/mol. The molecule has 1 heterocycles. The lowest BCUT2D eigenvalue weighted by Crippen LogP contribution is -2.26. The fraction of sp³-hybridized carbons (Fsp3) is 0.350. The average molecular weight is 388 g/mol. The minimum Gasteiger partial charge on any atom is -0.378 e. The Hall–Kier alpha value is -2.54. The van der Waals surface area contributed by atoms with Crippen LogP contribution in [-0.2, 0) is 21.2 Å². The summed E-state index contributed by atoms with van der Waals surface area (Å²) in [5.41, 5.74) is 2.54. The van der Waals surface area contributed by atoms with Crippen molar-refractivity contribution in [2.24, 2.45) is 0 Å². The number of nitrogens with zero attached hydrogens (tertiary/aromatic N) is 2. The van der Waals surface area contributed by atoms with Crippen molar-refractivity contribution in [1.82, 2.24) is 4.90 Å². The highest BCUT2D eigenvalue weighted by atomic mass is 32.2. The molecule has 7 heteroatoms. The maximum atomic E-state index is 12.6. The summed E-state index contributed by atoms with van der Waals surface area (Å²) in [4.78, 5) is 15.7. The lowest BCUT2D eigenvalue weighted by molar-refractivity contribution is -0.127. The van der Waals surface area contributed by atoms with Crippen LogP contribution in [0.1, 0.15) is 18.4 Å². The lowest BCUT2D eigenvalue weighted by atomic mass is 10.1. The number of nitrogens with one attached hydrogen (secondary N) is 1. The van der Waals surface area contributed by atoms with Gasteiger partial charge >= 0.3 is 0 Å². The van der Waals surface area contributed by atoms with E-state index in [0.717, 1.165) is 30.6 Å². The van der Waals surface area contributed by atoms with Gasteiger partial charge in [-0.05, 0) is 54.8 Å². The van der Waals surface area contributed by atoms with Crippen LogP contribution in [0.4, 0.5) is 11.4 Å². The van der Waals surface area contributed by atoms with Crippen LogP contribution in [-0.4, -0.2) is 46.4 Å². The minimum absolute atomic E-state index is 0.207. The molecule has 1 N–H and O–H groups in total. The Kier molecular flexibility index (Phi) is 5.70. The van der Waals surface area contributed by atoms with Crippen LogP contribution in [0.15, 0.2) is 53.4 Å². The van der Waals surface area contributed by atoms with E-state index in [1.807, 2.05) is 48.2 Å². The van der Waals surface area contributed by atoms with Gasteiger partial charge in [0.1, 0.15) is 0 Å². The van der Waals surface area contributed by atoms with Crippen molar-refractivity contribution in [1.29, 1.82) is 0 Å². The normalized spacial score (nSPS) is 14.4. The van der Waals surface area contributed by atoms with E-state index < -0.39 is 10.0 Å². The largest absolute Gasteiger partial charge is 0.378 e. The summed E-state index contributed by atoms with van der Waals surface area (Å²) in [6, 6.07) is 14.0. The molecule has 1 fully saturated rings. The van der Waals surface area contributed by atoms with Gasteiger partial charge in [-0.1, -0.05) is 12.1 Å². The summed E-state index contributed by atoms with van der Waals surface area (Å²) in [6.45, 7) is 1.50. The Morgan fingerprint density at radius 3 is 2.26 bits per heavy atom. The fourth-order valence-corrected chi connectivity index (χ4v) is 4.14. The fourth-order valence-electron chi connectivity index (χ4n) is 3.08. The van der Waals surface area contributed by atoms with Gasteiger partial charge in [-0.25, -0.2) is 8.42 Å². The molecule has 3 rings (SSSR count). The van der Waals surface area contributed by atoms with E-state index in [4.69, 9.17) is 0 Å². The first-order valence-electron chi connectivity index (χ1n) is 9.02. The number of anilines is 2. The summed E-state index contributed by atoms with van der Waals surface area (Å²) in [5.74, 6) is 0.207. The van der Waals surface area contributed by atoms with Crippen LogP contribution < -0.4 is 9.62 Å². The van der Waals surface area contributed by atoms with Crippen molar-refractivity contribution in [3.63, 3.8) is 0 Å². The number of likely N-dealkylation sites (tertiary alicyclic amines) is 1. The molecule has 0 aromatic heterocycles. The van der Waals surface area contributed by atoms with Crippen LogP contribution in [0, 0.1) is 0 Å². The highest BCUT2D eigenvalue weighted by Crippen LogP contribution is 2.20. The maximum Gasteiger partial charge on any atom is 0.261 e.